The molecule has 0 unspecified atom stereocenters. The van der Waals surface area contributed by atoms with Gasteiger partial charge in [0.25, 0.3) is 0 Å². The Morgan fingerprint density at radius 1 is 1.33 bits per heavy atom. The van der Waals surface area contributed by atoms with Crippen LogP contribution in [0.4, 0.5) is 0 Å². The van der Waals surface area contributed by atoms with Crippen LogP contribution < -0.4 is 0 Å². The Morgan fingerprint density at radius 3 is 2.72 bits per heavy atom. The van der Waals surface area contributed by atoms with Gasteiger partial charge in [0, 0.05) is 0 Å². The van der Waals surface area contributed by atoms with Crippen LogP contribution in [0, 0.1) is 6.92 Å². The summed E-state index contributed by atoms with van der Waals surface area (Å²) in [6.07, 6.45) is 3.47. The Balaban J connectivity index is 0.000000771. The average molecular weight is 246 g/mol. The highest BCUT2D eigenvalue weighted by Gasteiger charge is 2.18. The van der Waals surface area contributed by atoms with Gasteiger partial charge in [-0.2, -0.15) is 0 Å². The summed E-state index contributed by atoms with van der Waals surface area (Å²) in [6, 6.07) is 6.23. The second-order valence-corrected chi connectivity index (χ2v) is 4.02. The summed E-state index contributed by atoms with van der Waals surface area (Å²) in [7, 11) is 0. The number of hydrogen-bond donors (Lipinski definition) is 0. The van der Waals surface area contributed by atoms with E-state index in [-0.39, 0.29) is 5.97 Å². The van der Waals surface area contributed by atoms with Crippen LogP contribution in [0.25, 0.3) is 5.57 Å². The van der Waals surface area contributed by atoms with Crippen LogP contribution in [-0.2, 0) is 16.0 Å². The summed E-state index contributed by atoms with van der Waals surface area (Å²) in [5.74, 6) is -0.136. The molecule has 0 N–H and O–H groups in total. The number of esters is 1. The molecular weight excluding hydrogens is 224 g/mol. The summed E-state index contributed by atoms with van der Waals surface area (Å²) in [4.78, 5) is 11.4. The molecule has 1 aliphatic rings. The molecule has 1 aromatic rings. The number of hydrogen-bond acceptors (Lipinski definition) is 2. The fourth-order valence-corrected chi connectivity index (χ4v) is 2.14. The van der Waals surface area contributed by atoms with E-state index in [2.05, 4.69) is 25.1 Å². The van der Waals surface area contributed by atoms with Gasteiger partial charge in [0.15, 0.2) is 0 Å². The van der Waals surface area contributed by atoms with E-state index < -0.39 is 0 Å². The van der Waals surface area contributed by atoms with Gasteiger partial charge >= 0.3 is 5.97 Å². The zero-order valence-electron chi connectivity index (χ0n) is 11.7. The molecule has 2 rings (SSSR count). The number of carbonyl (C=O) groups is 1. The lowest BCUT2D eigenvalue weighted by molar-refractivity contribution is -0.141. The predicted octanol–water partition coefficient (Wildman–Crippen LogP) is 3.91. The number of ether oxygens (including phenoxy) is 1. The summed E-state index contributed by atoms with van der Waals surface area (Å²) >= 11 is 0. The molecule has 0 radical (unpaired) electrons. The monoisotopic (exact) mass is 246 g/mol. The van der Waals surface area contributed by atoms with E-state index in [1.54, 1.807) is 0 Å². The molecule has 0 spiro atoms. The molecule has 1 aliphatic carbocycles. The quantitative estimate of drug-likeness (QED) is 0.756. The van der Waals surface area contributed by atoms with E-state index in [0.29, 0.717) is 13.0 Å². The maximum atomic E-state index is 11.4. The van der Waals surface area contributed by atoms with Crippen LogP contribution in [-0.4, -0.2) is 12.6 Å². The third-order valence-electron chi connectivity index (χ3n) is 2.95. The normalized spacial score (nSPS) is 12.1. The Bertz CT molecular complexity index is 444. The largest absolute Gasteiger partial charge is 0.466 e. The second kappa shape index (κ2) is 7.00. The van der Waals surface area contributed by atoms with Crippen LogP contribution in [0.15, 0.2) is 24.3 Å². The summed E-state index contributed by atoms with van der Waals surface area (Å²) in [5.41, 5.74) is 4.97. The van der Waals surface area contributed by atoms with Gasteiger partial charge in [-0.25, -0.2) is 0 Å². The Hall–Kier alpha value is -1.57. The van der Waals surface area contributed by atoms with E-state index in [9.17, 15) is 4.79 Å². The third kappa shape index (κ3) is 3.22. The highest BCUT2D eigenvalue weighted by molar-refractivity contribution is 5.88. The first-order valence-electron chi connectivity index (χ1n) is 6.66. The molecule has 0 atom stereocenters. The summed E-state index contributed by atoms with van der Waals surface area (Å²) < 4.78 is 4.97. The van der Waals surface area contributed by atoms with Crippen molar-refractivity contribution in [2.75, 3.05) is 6.61 Å². The van der Waals surface area contributed by atoms with E-state index in [1.165, 1.54) is 16.7 Å². The second-order valence-electron chi connectivity index (χ2n) is 4.02. The SMILES string of the molecule is CC.CCOC(=O)CC1=CCc2c(C)cccc21. The molecule has 18 heavy (non-hydrogen) atoms. The Kier molecular flexibility index (Phi) is 5.63. The molecule has 0 aromatic heterocycles. The van der Waals surface area contributed by atoms with Gasteiger partial charge in [-0.15, -0.1) is 0 Å². The van der Waals surface area contributed by atoms with Crippen molar-refractivity contribution in [3.05, 3.63) is 41.0 Å². The molecule has 0 heterocycles. The minimum atomic E-state index is -0.136. The first-order chi connectivity index (χ1) is 8.72. The van der Waals surface area contributed by atoms with Crippen molar-refractivity contribution in [3.8, 4) is 0 Å². The van der Waals surface area contributed by atoms with Crippen LogP contribution in [0.1, 0.15) is 43.9 Å². The lowest BCUT2D eigenvalue weighted by atomic mass is 10.00. The van der Waals surface area contributed by atoms with Crippen LogP contribution >= 0.6 is 0 Å². The van der Waals surface area contributed by atoms with E-state index in [1.807, 2.05) is 26.8 Å². The molecule has 0 saturated heterocycles. The van der Waals surface area contributed by atoms with Gasteiger partial charge in [-0.1, -0.05) is 38.1 Å². The van der Waals surface area contributed by atoms with Gasteiger partial charge in [-0.3, -0.25) is 4.79 Å². The van der Waals surface area contributed by atoms with Crippen LogP contribution in [0.2, 0.25) is 0 Å². The first-order valence-corrected chi connectivity index (χ1v) is 6.66. The molecule has 2 nitrogen and oxygen atoms in total. The topological polar surface area (TPSA) is 26.3 Å². The van der Waals surface area contributed by atoms with Gasteiger partial charge in [0.2, 0.25) is 0 Å². The molecule has 0 aliphatic heterocycles. The van der Waals surface area contributed by atoms with Gasteiger partial charge in [0.05, 0.1) is 13.0 Å². The fraction of sp³-hybridized carbons (Fsp3) is 0.438. The van der Waals surface area contributed by atoms with Crippen molar-refractivity contribution in [3.63, 3.8) is 0 Å². The Morgan fingerprint density at radius 2 is 2.06 bits per heavy atom. The minimum absolute atomic E-state index is 0.136. The van der Waals surface area contributed by atoms with Crippen molar-refractivity contribution in [1.29, 1.82) is 0 Å². The fourth-order valence-electron chi connectivity index (χ4n) is 2.14. The number of fused-ring (bicyclic) bond motifs is 1. The average Bonchev–Trinajstić information content (AvgIpc) is 2.77. The predicted molar refractivity (Wildman–Crippen MR) is 75.5 cm³/mol. The van der Waals surface area contributed by atoms with E-state index in [0.717, 1.165) is 12.0 Å². The standard InChI is InChI=1S/C14H16O2.C2H6/c1-3-16-14(15)9-11-7-8-12-10(2)5-4-6-13(11)12;1-2/h4-7H,3,8-9H2,1-2H3;1-2H3. The molecular formula is C16H22O2. The maximum Gasteiger partial charge on any atom is 0.310 e. The highest BCUT2D eigenvalue weighted by atomic mass is 16.5. The van der Waals surface area contributed by atoms with E-state index >= 15 is 0 Å². The molecule has 0 bridgehead atoms. The highest BCUT2D eigenvalue weighted by Crippen LogP contribution is 2.31. The summed E-state index contributed by atoms with van der Waals surface area (Å²) in [5, 5.41) is 0. The van der Waals surface area contributed by atoms with Gasteiger partial charge in [0.1, 0.15) is 0 Å². The van der Waals surface area contributed by atoms with Crippen LogP contribution in [0.3, 0.4) is 0 Å². The van der Waals surface area contributed by atoms with Crippen molar-refractivity contribution >= 4 is 11.5 Å². The maximum absolute atomic E-state index is 11.4. The number of allylic oxidation sites excluding steroid dienone is 1. The smallest absolute Gasteiger partial charge is 0.310 e. The van der Waals surface area contributed by atoms with Crippen molar-refractivity contribution in [1.82, 2.24) is 0 Å². The van der Waals surface area contributed by atoms with Crippen LogP contribution in [0.5, 0.6) is 0 Å². The zero-order chi connectivity index (χ0) is 13.5. The molecule has 2 heteroatoms. The number of carbonyl (C=O) groups excluding carboxylic acids is 1. The molecule has 0 saturated carbocycles. The number of benzene rings is 1. The van der Waals surface area contributed by atoms with E-state index in [4.69, 9.17) is 4.74 Å². The minimum Gasteiger partial charge on any atom is -0.466 e. The Labute approximate surface area is 110 Å². The number of rotatable bonds is 3. The van der Waals surface area contributed by atoms with Crippen molar-refractivity contribution in [2.45, 2.75) is 40.5 Å². The summed E-state index contributed by atoms with van der Waals surface area (Å²) in [6.45, 7) is 8.39. The lowest BCUT2D eigenvalue weighted by Gasteiger charge is -2.07. The zero-order valence-corrected chi connectivity index (χ0v) is 11.7. The number of aryl methyl sites for hydroxylation is 1. The van der Waals surface area contributed by atoms with Crippen molar-refractivity contribution in [2.24, 2.45) is 0 Å². The van der Waals surface area contributed by atoms with Gasteiger partial charge in [-0.05, 0) is 42.5 Å². The molecule has 0 amide bonds. The molecule has 0 fully saturated rings. The third-order valence-corrected chi connectivity index (χ3v) is 2.95. The molecule has 1 aromatic carbocycles. The van der Waals surface area contributed by atoms with Gasteiger partial charge < -0.3 is 4.74 Å². The lowest BCUT2D eigenvalue weighted by Crippen LogP contribution is -2.04. The van der Waals surface area contributed by atoms with Crippen molar-refractivity contribution < 1.29 is 9.53 Å². The molecule has 98 valence electrons. The first kappa shape index (κ1) is 14.5.